The second-order valence-corrected chi connectivity index (χ2v) is 7.77. The Morgan fingerprint density at radius 2 is 1.92 bits per heavy atom. The maximum atomic E-state index is 12.3. The summed E-state index contributed by atoms with van der Waals surface area (Å²) in [6.45, 7) is 5.10. The van der Waals surface area contributed by atoms with E-state index in [4.69, 9.17) is 0 Å². The minimum atomic E-state index is -0.170. The first-order valence-electron chi connectivity index (χ1n) is 8.93. The van der Waals surface area contributed by atoms with E-state index >= 15 is 0 Å². The predicted octanol–water partition coefficient (Wildman–Crippen LogP) is 2.70. The molecule has 0 radical (unpaired) electrons. The number of likely N-dealkylation sites (tertiary alicyclic amines) is 1. The van der Waals surface area contributed by atoms with Gasteiger partial charge >= 0.3 is 0 Å². The molecular formula is C20H24BrN3O2. The van der Waals surface area contributed by atoms with Crippen LogP contribution >= 0.6 is 15.9 Å². The highest BCUT2D eigenvalue weighted by atomic mass is 79.9. The second kappa shape index (κ2) is 8.64. The number of carbonyl (C=O) groups excluding carboxylic acids is 1. The Hall–Kier alpha value is -1.92. The average Bonchev–Trinajstić information content (AvgIpc) is 2.62. The summed E-state index contributed by atoms with van der Waals surface area (Å²) in [7, 11) is 0. The van der Waals surface area contributed by atoms with E-state index in [1.807, 2.05) is 0 Å². The summed E-state index contributed by atoms with van der Waals surface area (Å²) in [4.78, 5) is 26.5. The zero-order valence-electron chi connectivity index (χ0n) is 15.0. The van der Waals surface area contributed by atoms with E-state index in [9.17, 15) is 9.59 Å². The van der Waals surface area contributed by atoms with Crippen LogP contribution in [0.25, 0.3) is 0 Å². The van der Waals surface area contributed by atoms with Gasteiger partial charge in [-0.25, -0.2) is 0 Å². The molecule has 26 heavy (non-hydrogen) atoms. The van der Waals surface area contributed by atoms with Crippen molar-refractivity contribution in [2.45, 2.75) is 38.9 Å². The third-order valence-electron chi connectivity index (χ3n) is 4.87. The van der Waals surface area contributed by atoms with Gasteiger partial charge in [0.2, 0.25) is 5.91 Å². The van der Waals surface area contributed by atoms with Crippen LogP contribution in [0.5, 0.6) is 0 Å². The number of carbonyl (C=O) groups is 1. The first kappa shape index (κ1) is 18.9. The SMILES string of the molecule is Cc1ccccc1CN1CCC(NC(=O)Cn2cc(Br)ccc2=O)CC1. The Morgan fingerprint density at radius 1 is 1.19 bits per heavy atom. The maximum Gasteiger partial charge on any atom is 0.251 e. The molecule has 2 aromatic rings. The molecule has 1 saturated heterocycles. The van der Waals surface area contributed by atoms with Crippen molar-refractivity contribution in [3.63, 3.8) is 0 Å². The summed E-state index contributed by atoms with van der Waals surface area (Å²) in [6, 6.07) is 11.8. The van der Waals surface area contributed by atoms with Crippen molar-refractivity contribution in [3.05, 3.63) is 68.5 Å². The second-order valence-electron chi connectivity index (χ2n) is 6.86. The number of hydrogen-bond acceptors (Lipinski definition) is 3. The Morgan fingerprint density at radius 3 is 2.65 bits per heavy atom. The molecule has 1 fully saturated rings. The summed E-state index contributed by atoms with van der Waals surface area (Å²) in [5.41, 5.74) is 2.52. The summed E-state index contributed by atoms with van der Waals surface area (Å²) >= 11 is 3.33. The molecule has 0 aliphatic carbocycles. The molecule has 1 aromatic heterocycles. The van der Waals surface area contributed by atoms with Crippen LogP contribution in [0.3, 0.4) is 0 Å². The minimum Gasteiger partial charge on any atom is -0.352 e. The summed E-state index contributed by atoms with van der Waals surface area (Å²) in [5.74, 6) is -0.109. The molecule has 1 aromatic carbocycles. The van der Waals surface area contributed by atoms with Crippen LogP contribution in [0.1, 0.15) is 24.0 Å². The number of amides is 1. The van der Waals surface area contributed by atoms with Crippen molar-refractivity contribution in [2.75, 3.05) is 13.1 Å². The zero-order chi connectivity index (χ0) is 18.5. The van der Waals surface area contributed by atoms with Crippen molar-refractivity contribution < 1.29 is 4.79 Å². The third-order valence-corrected chi connectivity index (χ3v) is 5.34. The molecule has 2 heterocycles. The van der Waals surface area contributed by atoms with Gasteiger partial charge in [0.25, 0.3) is 5.56 Å². The monoisotopic (exact) mass is 417 g/mol. The van der Waals surface area contributed by atoms with Gasteiger partial charge in [-0.1, -0.05) is 24.3 Å². The van der Waals surface area contributed by atoms with Gasteiger partial charge in [-0.15, -0.1) is 0 Å². The zero-order valence-corrected chi connectivity index (χ0v) is 16.5. The van der Waals surface area contributed by atoms with E-state index in [0.29, 0.717) is 0 Å². The van der Waals surface area contributed by atoms with E-state index in [-0.39, 0.29) is 24.1 Å². The van der Waals surface area contributed by atoms with Crippen LogP contribution in [-0.4, -0.2) is 34.5 Å². The van der Waals surface area contributed by atoms with Crippen LogP contribution < -0.4 is 10.9 Å². The lowest BCUT2D eigenvalue weighted by molar-refractivity contribution is -0.122. The Bertz CT molecular complexity index is 826. The molecule has 0 saturated carbocycles. The highest BCUT2D eigenvalue weighted by Gasteiger charge is 2.21. The fourth-order valence-corrected chi connectivity index (χ4v) is 3.70. The number of rotatable bonds is 5. The van der Waals surface area contributed by atoms with Gasteiger partial charge in [0.15, 0.2) is 0 Å². The van der Waals surface area contributed by atoms with Gasteiger partial charge in [0.1, 0.15) is 6.54 Å². The van der Waals surface area contributed by atoms with Crippen LogP contribution in [0.2, 0.25) is 0 Å². The smallest absolute Gasteiger partial charge is 0.251 e. The van der Waals surface area contributed by atoms with Crippen LogP contribution in [0.4, 0.5) is 0 Å². The van der Waals surface area contributed by atoms with E-state index in [1.54, 1.807) is 12.3 Å². The number of aromatic nitrogens is 1. The molecule has 5 nitrogen and oxygen atoms in total. The molecule has 1 amide bonds. The highest BCUT2D eigenvalue weighted by molar-refractivity contribution is 9.10. The number of pyridine rings is 1. The van der Waals surface area contributed by atoms with Crippen molar-refractivity contribution in [1.29, 1.82) is 0 Å². The fraction of sp³-hybridized carbons (Fsp3) is 0.400. The normalized spacial score (nSPS) is 15.8. The van der Waals surface area contributed by atoms with Crippen molar-refractivity contribution in [2.24, 2.45) is 0 Å². The van der Waals surface area contributed by atoms with Gasteiger partial charge in [-0.2, -0.15) is 0 Å². The van der Waals surface area contributed by atoms with Crippen molar-refractivity contribution in [1.82, 2.24) is 14.8 Å². The third kappa shape index (κ3) is 5.05. The lowest BCUT2D eigenvalue weighted by atomic mass is 10.0. The van der Waals surface area contributed by atoms with Gasteiger partial charge in [-0.05, 0) is 52.9 Å². The van der Waals surface area contributed by atoms with Gasteiger partial charge in [-0.3, -0.25) is 14.5 Å². The molecule has 3 rings (SSSR count). The molecule has 0 unspecified atom stereocenters. The molecule has 1 aliphatic heterocycles. The molecule has 0 bridgehead atoms. The van der Waals surface area contributed by atoms with Crippen LogP contribution in [0.15, 0.2) is 51.9 Å². The van der Waals surface area contributed by atoms with Crippen molar-refractivity contribution in [3.8, 4) is 0 Å². The molecule has 1 aliphatic rings. The van der Waals surface area contributed by atoms with Crippen molar-refractivity contribution >= 4 is 21.8 Å². The lowest BCUT2D eigenvalue weighted by Gasteiger charge is -2.32. The lowest BCUT2D eigenvalue weighted by Crippen LogP contribution is -2.45. The first-order valence-corrected chi connectivity index (χ1v) is 9.73. The molecule has 0 atom stereocenters. The molecule has 6 heteroatoms. The fourth-order valence-electron chi connectivity index (χ4n) is 3.32. The molecular weight excluding hydrogens is 394 g/mol. The van der Waals surface area contributed by atoms with Gasteiger partial charge in [0.05, 0.1) is 0 Å². The summed E-state index contributed by atoms with van der Waals surface area (Å²) in [5, 5.41) is 3.07. The average molecular weight is 418 g/mol. The molecule has 1 N–H and O–H groups in total. The van der Waals surface area contributed by atoms with E-state index in [0.717, 1.165) is 36.9 Å². The standard InChI is InChI=1S/C20H24BrN3O2/c1-15-4-2-3-5-16(15)12-23-10-8-18(9-11-23)22-19(25)14-24-13-17(21)6-7-20(24)26/h2-7,13,18H,8-12,14H2,1H3,(H,22,25). The van der Waals surface area contributed by atoms with Crippen LogP contribution in [0, 0.1) is 6.92 Å². The largest absolute Gasteiger partial charge is 0.352 e. The number of aryl methyl sites for hydroxylation is 1. The van der Waals surface area contributed by atoms with E-state index in [1.165, 1.54) is 21.8 Å². The number of halogens is 1. The van der Waals surface area contributed by atoms with Gasteiger partial charge in [0, 0.05) is 42.4 Å². The Balaban J connectivity index is 1.48. The quantitative estimate of drug-likeness (QED) is 0.813. The highest BCUT2D eigenvalue weighted by Crippen LogP contribution is 2.16. The van der Waals surface area contributed by atoms with E-state index in [2.05, 4.69) is 57.3 Å². The Kier molecular flexibility index (Phi) is 6.27. The molecule has 138 valence electrons. The predicted molar refractivity (Wildman–Crippen MR) is 106 cm³/mol. The summed E-state index contributed by atoms with van der Waals surface area (Å²) < 4.78 is 2.21. The maximum absolute atomic E-state index is 12.3. The number of benzene rings is 1. The first-order chi connectivity index (χ1) is 12.5. The number of hydrogen-bond donors (Lipinski definition) is 1. The minimum absolute atomic E-state index is 0.0572. The number of nitrogens with one attached hydrogen (secondary N) is 1. The van der Waals surface area contributed by atoms with E-state index < -0.39 is 0 Å². The molecule has 0 spiro atoms. The number of piperidine rings is 1. The summed E-state index contributed by atoms with van der Waals surface area (Å²) in [6.07, 6.45) is 3.52. The van der Waals surface area contributed by atoms with Gasteiger partial charge < -0.3 is 9.88 Å². The van der Waals surface area contributed by atoms with Crippen LogP contribution in [-0.2, 0) is 17.9 Å². The number of nitrogens with zero attached hydrogens (tertiary/aromatic N) is 2. The topological polar surface area (TPSA) is 54.3 Å². The Labute approximate surface area is 162 Å².